The lowest BCUT2D eigenvalue weighted by atomic mass is 9.83. The highest BCUT2D eigenvalue weighted by atomic mass is 19.1. The Morgan fingerprint density at radius 1 is 1.17 bits per heavy atom. The van der Waals surface area contributed by atoms with Crippen molar-refractivity contribution in [3.05, 3.63) is 53.3 Å². The fraction of sp³-hybridized carbons (Fsp3) is 0.556. The molecule has 2 aromatic heterocycles. The molecule has 186 valence electrons. The summed E-state index contributed by atoms with van der Waals surface area (Å²) >= 11 is 0. The van der Waals surface area contributed by atoms with Crippen LogP contribution in [0.2, 0.25) is 0 Å². The highest BCUT2D eigenvalue weighted by Crippen LogP contribution is 2.46. The highest BCUT2D eigenvalue weighted by Gasteiger charge is 2.48. The van der Waals surface area contributed by atoms with Gasteiger partial charge in [-0.25, -0.2) is 9.37 Å². The molecule has 2 atom stereocenters. The molecule has 3 aliphatic rings. The predicted octanol–water partition coefficient (Wildman–Crippen LogP) is 4.28. The van der Waals surface area contributed by atoms with Crippen molar-refractivity contribution in [1.29, 1.82) is 0 Å². The number of aromatic nitrogens is 3. The minimum Gasteiger partial charge on any atom is -0.354 e. The van der Waals surface area contributed by atoms with Gasteiger partial charge in [0.05, 0.1) is 30.5 Å². The third-order valence-corrected chi connectivity index (χ3v) is 8.26. The minimum absolute atomic E-state index is 0.0342. The van der Waals surface area contributed by atoms with Crippen molar-refractivity contribution in [1.82, 2.24) is 25.0 Å². The Labute approximate surface area is 205 Å². The number of nitrogens with one attached hydrogen (secondary N) is 1. The Balaban J connectivity index is 1.28. The van der Waals surface area contributed by atoms with Gasteiger partial charge in [-0.05, 0) is 61.4 Å². The second kappa shape index (κ2) is 8.82. The lowest BCUT2D eigenvalue weighted by Crippen LogP contribution is -2.58. The fourth-order valence-electron chi connectivity index (χ4n) is 5.87. The molecule has 0 unspecified atom stereocenters. The average Bonchev–Trinajstić information content (AvgIpc) is 3.36. The molecule has 8 heteroatoms. The van der Waals surface area contributed by atoms with Crippen LogP contribution in [-0.2, 0) is 6.42 Å². The smallest absolute Gasteiger partial charge is 0.128 e. The predicted molar refractivity (Wildman–Crippen MR) is 134 cm³/mol. The molecule has 35 heavy (non-hydrogen) atoms. The summed E-state index contributed by atoms with van der Waals surface area (Å²) < 4.78 is 27.5. The van der Waals surface area contributed by atoms with Gasteiger partial charge in [0, 0.05) is 50.9 Å². The van der Waals surface area contributed by atoms with E-state index in [1.165, 1.54) is 11.1 Å². The first-order valence-electron chi connectivity index (χ1n) is 12.8. The van der Waals surface area contributed by atoms with E-state index < -0.39 is 5.67 Å². The van der Waals surface area contributed by atoms with Crippen LogP contribution in [-0.4, -0.2) is 82.6 Å². The van der Waals surface area contributed by atoms with E-state index in [0.717, 1.165) is 48.3 Å². The molecule has 0 bridgehead atoms. The average molecular weight is 481 g/mol. The van der Waals surface area contributed by atoms with Gasteiger partial charge in [0.1, 0.15) is 11.5 Å². The summed E-state index contributed by atoms with van der Waals surface area (Å²) in [5.41, 5.74) is 3.61. The van der Waals surface area contributed by atoms with Crippen LogP contribution in [0, 0.1) is 0 Å². The van der Waals surface area contributed by atoms with Gasteiger partial charge in [0.2, 0.25) is 0 Å². The number of pyridine rings is 1. The Morgan fingerprint density at radius 3 is 2.71 bits per heavy atom. The van der Waals surface area contributed by atoms with E-state index in [4.69, 9.17) is 4.98 Å². The van der Waals surface area contributed by atoms with Gasteiger partial charge in [-0.1, -0.05) is 12.1 Å². The normalized spacial score (nSPS) is 24.3. The van der Waals surface area contributed by atoms with E-state index in [-0.39, 0.29) is 18.8 Å². The van der Waals surface area contributed by atoms with Gasteiger partial charge in [-0.15, -0.1) is 0 Å². The summed E-state index contributed by atoms with van der Waals surface area (Å²) in [6, 6.07) is 9.10. The number of fused-ring (bicyclic) bond motifs is 3. The number of nitrogens with zero attached hydrogens (tertiary/aromatic N) is 5. The summed E-state index contributed by atoms with van der Waals surface area (Å²) in [5.74, 6) is 0.939. The number of likely N-dealkylation sites (tertiary alicyclic amines) is 1. The number of anilines is 1. The number of benzene rings is 1. The van der Waals surface area contributed by atoms with Crippen molar-refractivity contribution in [2.75, 3.05) is 44.8 Å². The first kappa shape index (κ1) is 22.9. The molecule has 3 aromatic rings. The maximum atomic E-state index is 15.0. The molecule has 2 aliphatic heterocycles. The van der Waals surface area contributed by atoms with E-state index in [2.05, 4.69) is 63.1 Å². The number of likely N-dealkylation sites (N-methyl/N-ethyl adjacent to an activating group) is 1. The minimum atomic E-state index is -1.06. The number of halogens is 2. The zero-order valence-electron chi connectivity index (χ0n) is 20.6. The van der Waals surface area contributed by atoms with Crippen molar-refractivity contribution in [2.45, 2.75) is 56.4 Å². The monoisotopic (exact) mass is 480 g/mol. The lowest BCUT2D eigenvalue weighted by molar-refractivity contribution is 0.0984. The number of aromatic amines is 1. The number of hydrogen-bond acceptors (Lipinski definition) is 5. The van der Waals surface area contributed by atoms with Crippen molar-refractivity contribution in [3.63, 3.8) is 0 Å². The number of alkyl halides is 2. The third-order valence-electron chi connectivity index (χ3n) is 8.26. The third kappa shape index (κ3) is 4.20. The van der Waals surface area contributed by atoms with Gasteiger partial charge in [0.25, 0.3) is 0 Å². The quantitative estimate of drug-likeness (QED) is 0.522. The van der Waals surface area contributed by atoms with Crippen molar-refractivity contribution in [3.8, 4) is 0 Å². The van der Waals surface area contributed by atoms with Crippen molar-refractivity contribution >= 4 is 16.7 Å². The van der Waals surface area contributed by atoms with Crippen LogP contribution < -0.4 is 4.90 Å². The Bertz CT molecular complexity index is 1180. The summed E-state index contributed by atoms with van der Waals surface area (Å²) in [5, 5.41) is 8.52. The van der Waals surface area contributed by atoms with Crippen LogP contribution in [0.25, 0.3) is 10.9 Å². The molecule has 6 rings (SSSR count). The summed E-state index contributed by atoms with van der Waals surface area (Å²) in [6.07, 6.45) is 6.68. The first-order valence-corrected chi connectivity index (χ1v) is 12.8. The topological polar surface area (TPSA) is 51.3 Å². The maximum absolute atomic E-state index is 15.0. The van der Waals surface area contributed by atoms with Crippen molar-refractivity contribution in [2.24, 2.45) is 0 Å². The highest BCUT2D eigenvalue weighted by molar-refractivity contribution is 5.83. The molecule has 1 saturated heterocycles. The van der Waals surface area contributed by atoms with E-state index in [0.29, 0.717) is 31.8 Å². The van der Waals surface area contributed by atoms with Gasteiger partial charge < -0.3 is 4.90 Å². The van der Waals surface area contributed by atoms with Gasteiger partial charge in [-0.3, -0.25) is 19.3 Å². The molecule has 6 nitrogen and oxygen atoms in total. The molecular formula is C27H34F2N6. The van der Waals surface area contributed by atoms with E-state index in [9.17, 15) is 4.39 Å². The molecule has 4 heterocycles. The summed E-state index contributed by atoms with van der Waals surface area (Å²) in [4.78, 5) is 11.7. The van der Waals surface area contributed by atoms with E-state index in [1.807, 2.05) is 12.4 Å². The Kier molecular flexibility index (Phi) is 5.76. The number of hydrogen-bond donors (Lipinski definition) is 1. The standard InChI is InChI=1S/C27H34F2N6/c1-18-12-22-21(5-6-24-23(22)14-31-32-24)26(35(18)17-27(29)8-9-27)19-4-7-25(30-13-19)33(2)20-15-34(16-20)11-3-10-28/h4-7,13-14,18,20,26H,3,8-12,15-17H2,1-2H3,(H,31,32)/t18-,26-/m1/s1. The van der Waals surface area contributed by atoms with Crippen LogP contribution >= 0.6 is 0 Å². The zero-order valence-corrected chi connectivity index (χ0v) is 20.6. The summed E-state index contributed by atoms with van der Waals surface area (Å²) in [7, 11) is 2.08. The fourth-order valence-corrected chi connectivity index (χ4v) is 5.87. The van der Waals surface area contributed by atoms with Gasteiger partial charge in [0.15, 0.2) is 0 Å². The summed E-state index contributed by atoms with van der Waals surface area (Å²) in [6.45, 7) is 5.13. The Hall–Kier alpha value is -2.58. The van der Waals surface area contributed by atoms with Gasteiger partial charge in [-0.2, -0.15) is 5.10 Å². The zero-order chi connectivity index (χ0) is 24.2. The Morgan fingerprint density at radius 2 is 2.00 bits per heavy atom. The van der Waals surface area contributed by atoms with Crippen LogP contribution in [0.4, 0.5) is 14.6 Å². The van der Waals surface area contributed by atoms with E-state index in [1.54, 1.807) is 0 Å². The number of rotatable bonds is 8. The SMILES string of the molecule is C[C@@H]1Cc2c(ccc3[nH]ncc23)[C@@H](c2ccc(N(C)C3CN(CCCF)C3)nc2)N1CC1(F)CC1. The molecule has 1 aliphatic carbocycles. The molecule has 1 saturated carbocycles. The number of H-pyrrole nitrogens is 1. The largest absolute Gasteiger partial charge is 0.354 e. The molecule has 0 radical (unpaired) electrons. The van der Waals surface area contributed by atoms with Crippen molar-refractivity contribution < 1.29 is 8.78 Å². The van der Waals surface area contributed by atoms with Crippen LogP contribution in [0.1, 0.15) is 48.9 Å². The van der Waals surface area contributed by atoms with Gasteiger partial charge >= 0.3 is 0 Å². The second-order valence-electron chi connectivity index (χ2n) is 10.8. The second-order valence-corrected chi connectivity index (χ2v) is 10.8. The molecule has 0 spiro atoms. The van der Waals surface area contributed by atoms with Crippen LogP contribution in [0.15, 0.2) is 36.7 Å². The van der Waals surface area contributed by atoms with E-state index >= 15 is 4.39 Å². The molecule has 1 N–H and O–H groups in total. The molecule has 2 fully saturated rings. The first-order chi connectivity index (χ1) is 17.0. The lowest BCUT2D eigenvalue weighted by Gasteiger charge is -2.45. The molecule has 1 aromatic carbocycles. The molecule has 0 amide bonds. The molecular weight excluding hydrogens is 446 g/mol. The van der Waals surface area contributed by atoms with Crippen LogP contribution in [0.5, 0.6) is 0 Å². The maximum Gasteiger partial charge on any atom is 0.128 e. The van der Waals surface area contributed by atoms with Crippen LogP contribution in [0.3, 0.4) is 0 Å².